The monoisotopic (exact) mass is 258 g/mol. The first-order valence-corrected chi connectivity index (χ1v) is 6.90. The molecule has 0 atom stereocenters. The average molecular weight is 258 g/mol. The van der Waals surface area contributed by atoms with Crippen LogP contribution in [0.25, 0.3) is 0 Å². The van der Waals surface area contributed by atoms with E-state index in [1.807, 2.05) is 0 Å². The third kappa shape index (κ3) is 4.92. The number of rotatable bonds is 7. The number of carbonyl (C=O) groups excluding carboxylic acids is 1. The van der Waals surface area contributed by atoms with Crippen molar-refractivity contribution in [3.05, 3.63) is 0 Å². The Morgan fingerprint density at radius 1 is 1.06 bits per heavy atom. The average Bonchev–Trinajstić information content (AvgIpc) is 2.39. The molecule has 1 amide bonds. The molecule has 1 aliphatic carbocycles. The lowest BCUT2D eigenvalue weighted by molar-refractivity contribution is -0.133. The second kappa shape index (κ2) is 8.45. The largest absolute Gasteiger partial charge is 0.395 e. The first-order chi connectivity index (χ1) is 8.71. The highest BCUT2D eigenvalue weighted by Crippen LogP contribution is 2.30. The van der Waals surface area contributed by atoms with E-state index in [2.05, 4.69) is 0 Å². The fraction of sp³-hybridized carbons (Fsp3) is 0.923. The molecule has 1 rings (SSSR count). The number of nitrogens with zero attached hydrogens (tertiary/aromatic N) is 1. The molecule has 4 N–H and O–H groups in total. The van der Waals surface area contributed by atoms with E-state index in [4.69, 9.17) is 15.9 Å². The molecular formula is C13H26N2O3. The Morgan fingerprint density at radius 2 is 1.56 bits per heavy atom. The van der Waals surface area contributed by atoms with Gasteiger partial charge in [-0.25, -0.2) is 0 Å². The molecule has 0 saturated heterocycles. The first kappa shape index (κ1) is 15.4. The van der Waals surface area contributed by atoms with Gasteiger partial charge in [0.25, 0.3) is 0 Å². The van der Waals surface area contributed by atoms with Crippen molar-refractivity contribution in [3.63, 3.8) is 0 Å². The minimum atomic E-state index is -0.0499. The van der Waals surface area contributed by atoms with Crippen LogP contribution in [0.2, 0.25) is 0 Å². The van der Waals surface area contributed by atoms with Gasteiger partial charge in [-0.15, -0.1) is 0 Å². The molecule has 5 nitrogen and oxygen atoms in total. The second-order valence-electron chi connectivity index (χ2n) is 5.15. The van der Waals surface area contributed by atoms with Crippen molar-refractivity contribution < 1.29 is 15.0 Å². The van der Waals surface area contributed by atoms with Crippen LogP contribution in [0.1, 0.15) is 32.1 Å². The maximum Gasteiger partial charge on any atom is 0.223 e. The van der Waals surface area contributed by atoms with Crippen LogP contribution in [-0.4, -0.2) is 53.9 Å². The quantitative estimate of drug-likeness (QED) is 0.598. The van der Waals surface area contributed by atoms with Crippen molar-refractivity contribution in [3.8, 4) is 0 Å². The van der Waals surface area contributed by atoms with Crippen LogP contribution < -0.4 is 5.73 Å². The number of aliphatic hydroxyl groups excluding tert-OH is 2. The Morgan fingerprint density at radius 3 is 2.00 bits per heavy atom. The number of hydrogen-bond acceptors (Lipinski definition) is 4. The molecule has 0 spiro atoms. The summed E-state index contributed by atoms with van der Waals surface area (Å²) in [5.74, 6) is 1.12. The van der Waals surface area contributed by atoms with Gasteiger partial charge in [-0.05, 0) is 44.1 Å². The van der Waals surface area contributed by atoms with Gasteiger partial charge in [0.15, 0.2) is 0 Å². The SMILES string of the molecule is NCC1CCC(CC(=O)N(CCO)CCO)CC1. The summed E-state index contributed by atoms with van der Waals surface area (Å²) in [4.78, 5) is 13.6. The Hall–Kier alpha value is -0.650. The highest BCUT2D eigenvalue weighted by atomic mass is 16.3. The number of carbonyl (C=O) groups is 1. The van der Waals surface area contributed by atoms with E-state index in [1.165, 1.54) is 0 Å². The van der Waals surface area contributed by atoms with Crippen LogP contribution in [-0.2, 0) is 4.79 Å². The summed E-state index contributed by atoms with van der Waals surface area (Å²) < 4.78 is 0. The zero-order valence-electron chi connectivity index (χ0n) is 11.1. The smallest absolute Gasteiger partial charge is 0.223 e. The molecule has 0 aromatic carbocycles. The molecule has 18 heavy (non-hydrogen) atoms. The minimum absolute atomic E-state index is 0.0499. The molecule has 1 aliphatic rings. The van der Waals surface area contributed by atoms with Gasteiger partial charge >= 0.3 is 0 Å². The highest BCUT2D eigenvalue weighted by Gasteiger charge is 2.24. The van der Waals surface area contributed by atoms with E-state index in [9.17, 15) is 4.79 Å². The summed E-state index contributed by atoms with van der Waals surface area (Å²) in [6.07, 6.45) is 4.92. The van der Waals surface area contributed by atoms with Gasteiger partial charge < -0.3 is 20.8 Å². The Bertz CT molecular complexity index is 234. The van der Waals surface area contributed by atoms with E-state index in [1.54, 1.807) is 4.90 Å². The van der Waals surface area contributed by atoms with Crippen LogP contribution in [0.3, 0.4) is 0 Å². The number of amides is 1. The van der Waals surface area contributed by atoms with Crippen LogP contribution >= 0.6 is 0 Å². The van der Waals surface area contributed by atoms with Gasteiger partial charge in [0.1, 0.15) is 0 Å². The molecule has 5 heteroatoms. The minimum Gasteiger partial charge on any atom is -0.395 e. The van der Waals surface area contributed by atoms with Crippen molar-refractivity contribution in [2.45, 2.75) is 32.1 Å². The lowest BCUT2D eigenvalue weighted by Gasteiger charge is -2.29. The van der Waals surface area contributed by atoms with Crippen LogP contribution in [0, 0.1) is 11.8 Å². The Labute approximate surface area is 109 Å². The van der Waals surface area contributed by atoms with Crippen LogP contribution in [0.4, 0.5) is 0 Å². The summed E-state index contributed by atoms with van der Waals surface area (Å²) in [6.45, 7) is 1.29. The van der Waals surface area contributed by atoms with Gasteiger partial charge in [-0.2, -0.15) is 0 Å². The molecule has 0 bridgehead atoms. The van der Waals surface area contributed by atoms with Gasteiger partial charge in [0, 0.05) is 19.5 Å². The molecule has 1 saturated carbocycles. The third-order valence-electron chi connectivity index (χ3n) is 3.86. The standard InChI is InChI=1S/C13H26N2O3/c14-10-12-3-1-11(2-4-12)9-13(18)15(5-7-16)6-8-17/h11-12,16-17H,1-10,14H2. The molecule has 0 unspecified atom stereocenters. The lowest BCUT2D eigenvalue weighted by atomic mass is 9.80. The lowest BCUT2D eigenvalue weighted by Crippen LogP contribution is -2.37. The summed E-state index contributed by atoms with van der Waals surface area (Å²) in [7, 11) is 0. The molecule has 0 radical (unpaired) electrons. The second-order valence-corrected chi connectivity index (χ2v) is 5.15. The van der Waals surface area contributed by atoms with Crippen molar-refractivity contribution in [1.82, 2.24) is 4.90 Å². The summed E-state index contributed by atoms with van der Waals surface area (Å²) >= 11 is 0. The van der Waals surface area contributed by atoms with Crippen molar-refractivity contribution in [1.29, 1.82) is 0 Å². The molecule has 0 aliphatic heterocycles. The van der Waals surface area contributed by atoms with E-state index < -0.39 is 0 Å². The van der Waals surface area contributed by atoms with Crippen LogP contribution in [0.5, 0.6) is 0 Å². The topological polar surface area (TPSA) is 86.8 Å². The molecule has 0 aromatic heterocycles. The third-order valence-corrected chi connectivity index (χ3v) is 3.86. The molecular weight excluding hydrogens is 232 g/mol. The van der Waals surface area contributed by atoms with Crippen molar-refractivity contribution in [2.24, 2.45) is 17.6 Å². The number of aliphatic hydroxyl groups is 2. The predicted molar refractivity (Wildman–Crippen MR) is 69.9 cm³/mol. The molecule has 106 valence electrons. The van der Waals surface area contributed by atoms with E-state index in [0.717, 1.165) is 32.2 Å². The van der Waals surface area contributed by atoms with E-state index in [0.29, 0.717) is 31.3 Å². The van der Waals surface area contributed by atoms with Gasteiger partial charge in [0.05, 0.1) is 13.2 Å². The van der Waals surface area contributed by atoms with Gasteiger partial charge in [0.2, 0.25) is 5.91 Å². The maximum atomic E-state index is 12.0. The van der Waals surface area contributed by atoms with Gasteiger partial charge in [-0.3, -0.25) is 4.79 Å². The Balaban J connectivity index is 2.34. The Kier molecular flexibility index (Phi) is 7.23. The van der Waals surface area contributed by atoms with Crippen molar-refractivity contribution in [2.75, 3.05) is 32.8 Å². The zero-order valence-corrected chi connectivity index (χ0v) is 11.1. The molecule has 0 heterocycles. The normalized spacial score (nSPS) is 23.9. The van der Waals surface area contributed by atoms with E-state index in [-0.39, 0.29) is 19.1 Å². The zero-order chi connectivity index (χ0) is 13.4. The van der Waals surface area contributed by atoms with Crippen LogP contribution in [0.15, 0.2) is 0 Å². The highest BCUT2D eigenvalue weighted by molar-refractivity contribution is 5.76. The predicted octanol–water partition coefficient (Wildman–Crippen LogP) is -0.0452. The number of hydrogen-bond donors (Lipinski definition) is 3. The molecule has 1 fully saturated rings. The fourth-order valence-electron chi connectivity index (χ4n) is 2.65. The number of nitrogens with two attached hydrogens (primary N) is 1. The molecule has 0 aromatic rings. The van der Waals surface area contributed by atoms with E-state index >= 15 is 0 Å². The van der Waals surface area contributed by atoms with Gasteiger partial charge in [-0.1, -0.05) is 0 Å². The summed E-state index contributed by atoms with van der Waals surface area (Å²) in [5.41, 5.74) is 5.65. The first-order valence-electron chi connectivity index (χ1n) is 6.90. The maximum absolute atomic E-state index is 12.0. The summed E-state index contributed by atoms with van der Waals surface area (Å²) in [5, 5.41) is 17.8. The summed E-state index contributed by atoms with van der Waals surface area (Å²) in [6, 6.07) is 0. The van der Waals surface area contributed by atoms with Crippen molar-refractivity contribution >= 4 is 5.91 Å². The fourth-order valence-corrected chi connectivity index (χ4v) is 2.65.